The molecule has 1 aromatic heterocycles. The van der Waals surface area contributed by atoms with Crippen molar-refractivity contribution >= 4 is 5.95 Å². The van der Waals surface area contributed by atoms with Crippen LogP contribution < -0.4 is 11.1 Å². The van der Waals surface area contributed by atoms with Gasteiger partial charge in [-0.2, -0.15) is 13.2 Å². The molecule has 0 aliphatic heterocycles. The van der Waals surface area contributed by atoms with Crippen LogP contribution in [0.1, 0.15) is 12.1 Å². The maximum absolute atomic E-state index is 12.9. The average Bonchev–Trinajstić information content (AvgIpc) is 2.47. The number of nitrogens with zero attached hydrogens (tertiary/aromatic N) is 2. The molecule has 0 fully saturated rings. The maximum atomic E-state index is 12.9. The highest BCUT2D eigenvalue weighted by molar-refractivity contribution is 5.61. The second-order valence-corrected chi connectivity index (χ2v) is 4.54. The van der Waals surface area contributed by atoms with Crippen molar-refractivity contribution in [2.24, 2.45) is 5.73 Å². The zero-order valence-corrected chi connectivity index (χ0v) is 11.5. The molecule has 1 aromatic carbocycles. The summed E-state index contributed by atoms with van der Waals surface area (Å²) in [5, 5.41) is 2.70. The Kier molecular flexibility index (Phi) is 4.92. The number of anilines is 1. The summed E-state index contributed by atoms with van der Waals surface area (Å²) in [6, 6.07) is 5.88. The molecule has 22 heavy (non-hydrogen) atoms. The third-order valence-corrected chi connectivity index (χ3v) is 2.82. The van der Waals surface area contributed by atoms with Gasteiger partial charge in [-0.25, -0.2) is 14.4 Å². The van der Waals surface area contributed by atoms with E-state index in [1.807, 2.05) is 0 Å². The van der Waals surface area contributed by atoms with Crippen molar-refractivity contribution < 1.29 is 17.6 Å². The van der Waals surface area contributed by atoms with Crippen molar-refractivity contribution in [3.63, 3.8) is 0 Å². The normalized spacial score (nSPS) is 11.5. The molecule has 1 heterocycles. The molecule has 0 aliphatic carbocycles. The fraction of sp³-hybridized carbons (Fsp3) is 0.286. The third-order valence-electron chi connectivity index (χ3n) is 2.82. The van der Waals surface area contributed by atoms with Gasteiger partial charge in [-0.1, -0.05) is 0 Å². The summed E-state index contributed by atoms with van der Waals surface area (Å²) in [6.07, 6.45) is -4.02. The van der Waals surface area contributed by atoms with E-state index in [0.29, 0.717) is 25.1 Å². The van der Waals surface area contributed by atoms with E-state index in [4.69, 9.17) is 5.73 Å². The predicted molar refractivity (Wildman–Crippen MR) is 74.6 cm³/mol. The van der Waals surface area contributed by atoms with Gasteiger partial charge in [0.1, 0.15) is 5.82 Å². The summed E-state index contributed by atoms with van der Waals surface area (Å²) in [7, 11) is 0. The number of halogens is 4. The van der Waals surface area contributed by atoms with E-state index >= 15 is 0 Å². The van der Waals surface area contributed by atoms with Crippen LogP contribution in [0, 0.1) is 5.82 Å². The van der Waals surface area contributed by atoms with Crippen molar-refractivity contribution in [3.05, 3.63) is 41.8 Å². The summed E-state index contributed by atoms with van der Waals surface area (Å²) < 4.78 is 51.7. The Balaban J connectivity index is 2.39. The second kappa shape index (κ2) is 6.69. The molecule has 0 unspecified atom stereocenters. The smallest absolute Gasteiger partial charge is 0.354 e. The highest BCUT2D eigenvalue weighted by Crippen LogP contribution is 2.31. The first-order valence-corrected chi connectivity index (χ1v) is 6.56. The molecule has 0 atom stereocenters. The van der Waals surface area contributed by atoms with Crippen molar-refractivity contribution in [1.29, 1.82) is 0 Å². The minimum atomic E-state index is -4.60. The van der Waals surface area contributed by atoms with Crippen LogP contribution in [0.5, 0.6) is 0 Å². The molecule has 0 spiro atoms. The Morgan fingerprint density at radius 1 is 1.09 bits per heavy atom. The summed E-state index contributed by atoms with van der Waals surface area (Å²) in [5.41, 5.74) is 4.71. The SMILES string of the molecule is NCCCNc1nc(-c2ccc(F)cc2)cc(C(F)(F)F)n1. The van der Waals surface area contributed by atoms with E-state index < -0.39 is 17.7 Å². The molecular formula is C14H14F4N4. The Morgan fingerprint density at radius 2 is 1.77 bits per heavy atom. The van der Waals surface area contributed by atoms with Crippen molar-refractivity contribution in [1.82, 2.24) is 9.97 Å². The third kappa shape index (κ3) is 4.14. The van der Waals surface area contributed by atoms with Gasteiger partial charge in [-0.3, -0.25) is 0 Å². The minimum absolute atomic E-state index is 0.0672. The topological polar surface area (TPSA) is 63.8 Å². The van der Waals surface area contributed by atoms with Crippen LogP contribution in [0.25, 0.3) is 11.3 Å². The first-order chi connectivity index (χ1) is 10.4. The van der Waals surface area contributed by atoms with Crippen LogP contribution in [-0.4, -0.2) is 23.1 Å². The van der Waals surface area contributed by atoms with Gasteiger partial charge in [0.25, 0.3) is 0 Å². The van der Waals surface area contributed by atoms with E-state index in [-0.39, 0.29) is 11.6 Å². The van der Waals surface area contributed by atoms with Crippen molar-refractivity contribution in [2.75, 3.05) is 18.4 Å². The molecule has 2 rings (SSSR count). The molecule has 0 saturated carbocycles. The van der Waals surface area contributed by atoms with E-state index in [1.54, 1.807) is 0 Å². The zero-order chi connectivity index (χ0) is 16.2. The van der Waals surface area contributed by atoms with E-state index in [9.17, 15) is 17.6 Å². The molecule has 0 radical (unpaired) electrons. The van der Waals surface area contributed by atoms with Gasteiger partial charge < -0.3 is 11.1 Å². The number of hydrogen-bond donors (Lipinski definition) is 2. The average molecular weight is 314 g/mol. The van der Waals surface area contributed by atoms with Crippen LogP contribution in [0.4, 0.5) is 23.5 Å². The first kappa shape index (κ1) is 16.2. The quantitative estimate of drug-likeness (QED) is 0.657. The number of nitrogens with one attached hydrogen (secondary N) is 1. The lowest BCUT2D eigenvalue weighted by Gasteiger charge is -2.11. The molecular weight excluding hydrogens is 300 g/mol. The fourth-order valence-corrected chi connectivity index (χ4v) is 1.74. The molecule has 0 bridgehead atoms. The number of benzene rings is 1. The summed E-state index contributed by atoms with van der Waals surface area (Å²) in [4.78, 5) is 7.49. The van der Waals surface area contributed by atoms with E-state index in [0.717, 1.165) is 18.2 Å². The van der Waals surface area contributed by atoms with Crippen molar-refractivity contribution in [3.8, 4) is 11.3 Å². The van der Waals surface area contributed by atoms with Crippen LogP contribution in [0.15, 0.2) is 30.3 Å². The molecule has 118 valence electrons. The van der Waals surface area contributed by atoms with E-state index in [2.05, 4.69) is 15.3 Å². The van der Waals surface area contributed by atoms with Crippen LogP contribution in [-0.2, 0) is 6.18 Å². The van der Waals surface area contributed by atoms with Gasteiger partial charge in [0.05, 0.1) is 5.69 Å². The van der Waals surface area contributed by atoms with Crippen LogP contribution in [0.3, 0.4) is 0 Å². The molecule has 3 N–H and O–H groups in total. The first-order valence-electron chi connectivity index (χ1n) is 6.56. The Bertz CT molecular complexity index is 626. The molecule has 0 aliphatic rings. The predicted octanol–water partition coefficient (Wildman–Crippen LogP) is 3.06. The van der Waals surface area contributed by atoms with Crippen molar-refractivity contribution in [2.45, 2.75) is 12.6 Å². The maximum Gasteiger partial charge on any atom is 0.433 e. The number of hydrogen-bond acceptors (Lipinski definition) is 4. The van der Waals surface area contributed by atoms with Crippen LogP contribution >= 0.6 is 0 Å². The molecule has 0 saturated heterocycles. The lowest BCUT2D eigenvalue weighted by Crippen LogP contribution is -2.14. The molecule has 2 aromatic rings. The summed E-state index contributed by atoms with van der Waals surface area (Å²) in [5.74, 6) is -0.613. The van der Waals surface area contributed by atoms with Gasteiger partial charge in [-0.15, -0.1) is 0 Å². The van der Waals surface area contributed by atoms with Crippen LogP contribution in [0.2, 0.25) is 0 Å². The molecule has 8 heteroatoms. The minimum Gasteiger partial charge on any atom is -0.354 e. The Morgan fingerprint density at radius 3 is 2.36 bits per heavy atom. The zero-order valence-electron chi connectivity index (χ0n) is 11.5. The largest absolute Gasteiger partial charge is 0.433 e. The standard InChI is InChI=1S/C14H14F4N4/c15-10-4-2-9(3-5-10)11-8-12(14(16,17)18)22-13(21-11)20-7-1-6-19/h2-5,8H,1,6-7,19H2,(H,20,21,22). The molecule has 0 amide bonds. The second-order valence-electron chi connectivity index (χ2n) is 4.54. The number of aromatic nitrogens is 2. The Labute approximate surface area is 124 Å². The number of alkyl halides is 3. The monoisotopic (exact) mass is 314 g/mol. The number of nitrogens with two attached hydrogens (primary N) is 1. The summed E-state index contributed by atoms with van der Waals surface area (Å²) in [6.45, 7) is 0.761. The fourth-order valence-electron chi connectivity index (χ4n) is 1.74. The molecule has 4 nitrogen and oxygen atoms in total. The highest BCUT2D eigenvalue weighted by Gasteiger charge is 2.33. The lowest BCUT2D eigenvalue weighted by molar-refractivity contribution is -0.141. The Hall–Kier alpha value is -2.22. The number of rotatable bonds is 5. The highest BCUT2D eigenvalue weighted by atomic mass is 19.4. The van der Waals surface area contributed by atoms with E-state index in [1.165, 1.54) is 12.1 Å². The van der Waals surface area contributed by atoms with Gasteiger partial charge >= 0.3 is 6.18 Å². The van der Waals surface area contributed by atoms with Gasteiger partial charge in [0, 0.05) is 12.1 Å². The lowest BCUT2D eigenvalue weighted by atomic mass is 10.1. The summed E-state index contributed by atoms with van der Waals surface area (Å²) >= 11 is 0. The van der Waals surface area contributed by atoms with Gasteiger partial charge in [0.15, 0.2) is 5.69 Å². The van der Waals surface area contributed by atoms with Gasteiger partial charge in [-0.05, 0) is 43.3 Å². The van der Waals surface area contributed by atoms with Gasteiger partial charge in [0.2, 0.25) is 5.95 Å².